The summed E-state index contributed by atoms with van der Waals surface area (Å²) in [6.07, 6.45) is 3.51. The number of nitrogens with one attached hydrogen (secondary N) is 1. The number of hydrogen-bond acceptors (Lipinski definition) is 5. The lowest BCUT2D eigenvalue weighted by molar-refractivity contribution is 0.0906. The van der Waals surface area contributed by atoms with E-state index in [2.05, 4.69) is 43.1 Å². The predicted octanol–water partition coefficient (Wildman–Crippen LogP) is 1.99. The second-order valence-corrected chi connectivity index (χ2v) is 5.89. The lowest BCUT2D eigenvalue weighted by atomic mass is 10.2. The average Bonchev–Trinajstić information content (AvgIpc) is 3.16. The van der Waals surface area contributed by atoms with Gasteiger partial charge >= 0.3 is 11.8 Å². The van der Waals surface area contributed by atoms with E-state index in [-0.39, 0.29) is 18.3 Å². The van der Waals surface area contributed by atoms with Crippen LogP contribution in [-0.4, -0.2) is 25.8 Å². The van der Waals surface area contributed by atoms with Crippen molar-refractivity contribution in [2.24, 2.45) is 0 Å². The zero-order valence-corrected chi connectivity index (χ0v) is 13.9. The zero-order chi connectivity index (χ0) is 16.2. The third-order valence-corrected chi connectivity index (χ3v) is 3.52. The van der Waals surface area contributed by atoms with Crippen LogP contribution in [0.25, 0.3) is 0 Å². The van der Waals surface area contributed by atoms with Crippen molar-refractivity contribution in [2.45, 2.75) is 13.1 Å². The van der Waals surface area contributed by atoms with Crippen LogP contribution < -0.4 is 5.32 Å². The topological polar surface area (TPSA) is 85.8 Å². The SMILES string of the molecule is O=C(NCc1ccccc1F)c1nc(Cn2cc(I)cn2)no1. The summed E-state index contributed by atoms with van der Waals surface area (Å²) in [6, 6.07) is 6.20. The first kappa shape index (κ1) is 15.6. The molecule has 0 spiro atoms. The maximum absolute atomic E-state index is 13.5. The molecule has 0 unspecified atom stereocenters. The predicted molar refractivity (Wildman–Crippen MR) is 85.9 cm³/mol. The second kappa shape index (κ2) is 6.86. The van der Waals surface area contributed by atoms with Crippen molar-refractivity contribution in [1.82, 2.24) is 25.2 Å². The molecule has 0 radical (unpaired) electrons. The summed E-state index contributed by atoms with van der Waals surface area (Å²) in [5, 5.41) is 10.4. The Morgan fingerprint density at radius 1 is 1.39 bits per heavy atom. The lowest BCUT2D eigenvalue weighted by Gasteiger charge is -2.03. The minimum atomic E-state index is -0.554. The molecular formula is C14H11FIN5O2. The van der Waals surface area contributed by atoms with Gasteiger partial charge < -0.3 is 9.84 Å². The molecule has 7 nitrogen and oxygen atoms in total. The van der Waals surface area contributed by atoms with Gasteiger partial charge in [0.1, 0.15) is 12.4 Å². The van der Waals surface area contributed by atoms with E-state index in [0.29, 0.717) is 17.9 Å². The van der Waals surface area contributed by atoms with Gasteiger partial charge in [-0.3, -0.25) is 9.48 Å². The summed E-state index contributed by atoms with van der Waals surface area (Å²) in [5.74, 6) is -0.770. The molecule has 0 atom stereocenters. The van der Waals surface area contributed by atoms with E-state index in [1.54, 1.807) is 29.1 Å². The highest BCUT2D eigenvalue weighted by molar-refractivity contribution is 14.1. The van der Waals surface area contributed by atoms with E-state index in [4.69, 9.17) is 4.52 Å². The fraction of sp³-hybridized carbons (Fsp3) is 0.143. The molecule has 1 aromatic carbocycles. The van der Waals surface area contributed by atoms with Crippen LogP contribution in [0.1, 0.15) is 22.1 Å². The molecule has 0 fully saturated rings. The zero-order valence-electron chi connectivity index (χ0n) is 11.7. The maximum atomic E-state index is 13.5. The fourth-order valence-corrected chi connectivity index (χ4v) is 2.32. The van der Waals surface area contributed by atoms with Gasteiger partial charge in [0.15, 0.2) is 5.82 Å². The minimum absolute atomic E-state index is 0.0422. The quantitative estimate of drug-likeness (QED) is 0.630. The van der Waals surface area contributed by atoms with Crippen molar-refractivity contribution < 1.29 is 13.7 Å². The Morgan fingerprint density at radius 2 is 2.22 bits per heavy atom. The standard InChI is InChI=1S/C14H11FIN5O2/c15-11-4-2-1-3-9(11)5-17-13(22)14-19-12(20-23-14)8-21-7-10(16)6-18-21/h1-4,6-7H,5,8H2,(H,17,22). The van der Waals surface area contributed by atoms with Crippen LogP contribution >= 0.6 is 22.6 Å². The fourth-order valence-electron chi connectivity index (χ4n) is 1.87. The number of aromatic nitrogens is 4. The van der Waals surface area contributed by atoms with E-state index >= 15 is 0 Å². The average molecular weight is 427 g/mol. The highest BCUT2D eigenvalue weighted by Crippen LogP contribution is 2.07. The molecule has 3 rings (SSSR count). The molecule has 1 amide bonds. The van der Waals surface area contributed by atoms with E-state index in [0.717, 1.165) is 3.57 Å². The number of carbonyl (C=O) groups excluding carboxylic acids is 1. The summed E-state index contributed by atoms with van der Waals surface area (Å²) in [6.45, 7) is 0.341. The summed E-state index contributed by atoms with van der Waals surface area (Å²) in [5.41, 5.74) is 0.381. The van der Waals surface area contributed by atoms with Gasteiger partial charge in [-0.2, -0.15) is 10.1 Å². The first-order valence-electron chi connectivity index (χ1n) is 6.64. The molecule has 0 aliphatic heterocycles. The molecule has 9 heteroatoms. The number of halogens is 2. The Balaban J connectivity index is 1.61. The van der Waals surface area contributed by atoms with Crippen molar-refractivity contribution in [3.8, 4) is 0 Å². The number of benzene rings is 1. The molecule has 0 aliphatic rings. The van der Waals surface area contributed by atoms with Gasteiger partial charge in [0.05, 0.1) is 9.77 Å². The molecule has 3 aromatic rings. The number of nitrogens with zero attached hydrogens (tertiary/aromatic N) is 4. The maximum Gasteiger partial charge on any atom is 0.316 e. The molecule has 2 heterocycles. The Hall–Kier alpha value is -2.30. The lowest BCUT2D eigenvalue weighted by Crippen LogP contribution is -2.23. The molecule has 0 bridgehead atoms. The van der Waals surface area contributed by atoms with Crippen molar-refractivity contribution in [2.75, 3.05) is 0 Å². The Morgan fingerprint density at radius 3 is 2.96 bits per heavy atom. The van der Waals surface area contributed by atoms with Gasteiger partial charge in [-0.05, 0) is 28.7 Å². The highest BCUT2D eigenvalue weighted by Gasteiger charge is 2.15. The highest BCUT2D eigenvalue weighted by atomic mass is 127. The van der Waals surface area contributed by atoms with Crippen LogP contribution in [0.15, 0.2) is 41.2 Å². The molecule has 0 saturated carbocycles. The molecule has 23 heavy (non-hydrogen) atoms. The Labute approximate surface area is 144 Å². The van der Waals surface area contributed by atoms with E-state index in [9.17, 15) is 9.18 Å². The van der Waals surface area contributed by atoms with Crippen LogP contribution in [0.5, 0.6) is 0 Å². The van der Waals surface area contributed by atoms with Gasteiger partial charge in [-0.1, -0.05) is 23.4 Å². The van der Waals surface area contributed by atoms with Gasteiger partial charge in [0.25, 0.3) is 0 Å². The monoisotopic (exact) mass is 427 g/mol. The molecule has 1 N–H and O–H groups in total. The molecule has 0 saturated heterocycles. The second-order valence-electron chi connectivity index (χ2n) is 4.65. The van der Waals surface area contributed by atoms with Crippen molar-refractivity contribution in [3.63, 3.8) is 0 Å². The molecule has 2 aromatic heterocycles. The molecule has 118 valence electrons. The number of rotatable bonds is 5. The summed E-state index contributed by atoms with van der Waals surface area (Å²) < 4.78 is 21.0. The van der Waals surface area contributed by atoms with E-state index < -0.39 is 5.91 Å². The van der Waals surface area contributed by atoms with Gasteiger partial charge in [-0.15, -0.1) is 0 Å². The van der Waals surface area contributed by atoms with Gasteiger partial charge in [-0.25, -0.2) is 4.39 Å². The summed E-state index contributed by atoms with van der Waals surface area (Å²) >= 11 is 2.14. The van der Waals surface area contributed by atoms with Crippen LogP contribution in [0.4, 0.5) is 4.39 Å². The van der Waals surface area contributed by atoms with Crippen molar-refractivity contribution in [1.29, 1.82) is 0 Å². The van der Waals surface area contributed by atoms with E-state index in [1.165, 1.54) is 6.07 Å². The molecular weight excluding hydrogens is 416 g/mol. The van der Waals surface area contributed by atoms with Crippen LogP contribution in [-0.2, 0) is 13.1 Å². The third kappa shape index (κ3) is 3.92. The Kier molecular flexibility index (Phi) is 4.65. The van der Waals surface area contributed by atoms with Gasteiger partial charge in [0.2, 0.25) is 0 Å². The van der Waals surface area contributed by atoms with Crippen molar-refractivity contribution in [3.05, 3.63) is 63.3 Å². The number of hydrogen-bond donors (Lipinski definition) is 1. The summed E-state index contributed by atoms with van der Waals surface area (Å²) in [4.78, 5) is 15.9. The number of carbonyl (C=O) groups is 1. The Bertz CT molecular complexity index is 832. The van der Waals surface area contributed by atoms with Crippen LogP contribution in [0.3, 0.4) is 0 Å². The first-order chi connectivity index (χ1) is 11.1. The third-order valence-electron chi connectivity index (χ3n) is 2.96. The van der Waals surface area contributed by atoms with E-state index in [1.807, 2.05) is 6.20 Å². The first-order valence-corrected chi connectivity index (χ1v) is 7.72. The van der Waals surface area contributed by atoms with Crippen molar-refractivity contribution >= 4 is 28.5 Å². The van der Waals surface area contributed by atoms with Gasteiger partial charge in [0, 0.05) is 18.3 Å². The molecule has 0 aliphatic carbocycles. The smallest absolute Gasteiger partial charge is 0.316 e. The largest absolute Gasteiger partial charge is 0.344 e. The minimum Gasteiger partial charge on any atom is -0.344 e. The van der Waals surface area contributed by atoms with Crippen LogP contribution in [0, 0.1) is 9.39 Å². The summed E-state index contributed by atoms with van der Waals surface area (Å²) in [7, 11) is 0. The number of amides is 1. The van der Waals surface area contributed by atoms with Crippen LogP contribution in [0.2, 0.25) is 0 Å². The normalized spacial score (nSPS) is 10.7.